The van der Waals surface area contributed by atoms with Gasteiger partial charge < -0.3 is 0 Å². The first-order valence-electron chi connectivity index (χ1n) is 23.7. The van der Waals surface area contributed by atoms with E-state index in [2.05, 4.69) is 217 Å². The molecule has 0 saturated heterocycles. The molecule has 2 aliphatic rings. The quantitative estimate of drug-likeness (QED) is 0.0951. The highest BCUT2D eigenvalue weighted by molar-refractivity contribution is 6.50. The topological polar surface area (TPSA) is 62.9 Å². The van der Waals surface area contributed by atoms with E-state index in [1.165, 1.54) is 104 Å². The van der Waals surface area contributed by atoms with E-state index in [0.29, 0.717) is 11.4 Å². The van der Waals surface area contributed by atoms with Gasteiger partial charge in [0.05, 0.1) is 0 Å². The minimum atomic E-state index is 0.615. The van der Waals surface area contributed by atoms with Gasteiger partial charge in [0.25, 0.3) is 0 Å². The van der Waals surface area contributed by atoms with Crippen molar-refractivity contribution < 1.29 is 5.41 Å². The summed E-state index contributed by atoms with van der Waals surface area (Å²) in [5, 5.41) is 26.5. The number of nitrogens with two attached hydrogens (primary N) is 1. The minimum absolute atomic E-state index is 0.615. The van der Waals surface area contributed by atoms with Gasteiger partial charge >= 0.3 is 0 Å². The molecule has 13 rings (SSSR count). The first-order valence-corrected chi connectivity index (χ1v) is 23.7. The van der Waals surface area contributed by atoms with Crippen LogP contribution >= 0.6 is 0 Å². The summed E-state index contributed by atoms with van der Waals surface area (Å²) in [6, 6.07) is 68.4. The van der Waals surface area contributed by atoms with Gasteiger partial charge in [-0.15, -0.1) is 0 Å². The van der Waals surface area contributed by atoms with Crippen LogP contribution in [0.2, 0.25) is 0 Å². The van der Waals surface area contributed by atoms with Crippen LogP contribution in [0.15, 0.2) is 242 Å². The van der Waals surface area contributed by atoms with E-state index in [4.69, 9.17) is 10.5 Å². The highest BCUT2D eigenvalue weighted by Crippen LogP contribution is 2.46. The Hall–Kier alpha value is -8.99. The molecule has 2 aliphatic carbocycles. The number of hydrogen-bond donors (Lipinski definition) is 2. The molecule has 69 heavy (non-hydrogen) atoms. The monoisotopic (exact) mass is 881 g/mol. The van der Waals surface area contributed by atoms with E-state index in [-0.39, 0.29) is 0 Å². The second kappa shape index (κ2) is 16.7. The minimum Gasteiger partial charge on any atom is -0.282 e. The Morgan fingerprint density at radius 3 is 1.49 bits per heavy atom. The van der Waals surface area contributed by atoms with E-state index in [1.807, 2.05) is 24.5 Å². The number of nitrogens with zero attached hydrogens (tertiary/aromatic N) is 2. The van der Waals surface area contributed by atoms with Crippen molar-refractivity contribution in [2.24, 2.45) is 5.10 Å². The molecule has 3 N–H and O–H groups in total. The summed E-state index contributed by atoms with van der Waals surface area (Å²) in [7, 11) is 0. The average Bonchev–Trinajstić information content (AvgIpc) is 3.41. The Kier molecular flexibility index (Phi) is 9.76. The molecule has 4 nitrogen and oxygen atoms in total. The molecule has 0 fully saturated rings. The first kappa shape index (κ1) is 40.3. The lowest BCUT2D eigenvalue weighted by molar-refractivity contribution is -0.108. The number of rotatable bonds is 7. The lowest BCUT2D eigenvalue weighted by Crippen LogP contribution is -2.44. The Morgan fingerprint density at radius 2 is 0.942 bits per heavy atom. The van der Waals surface area contributed by atoms with Gasteiger partial charge in [0.15, 0.2) is 5.71 Å². The molecule has 10 aromatic carbocycles. The third-order valence-electron chi connectivity index (χ3n) is 14.1. The van der Waals surface area contributed by atoms with Crippen LogP contribution in [0, 0.1) is 0 Å². The highest BCUT2D eigenvalue weighted by Gasteiger charge is 2.22. The summed E-state index contributed by atoms with van der Waals surface area (Å²) >= 11 is 0. The van der Waals surface area contributed by atoms with Crippen LogP contribution in [-0.4, -0.2) is 16.4 Å². The smallest absolute Gasteiger partial charge is 0.225 e. The predicted molar refractivity (Wildman–Crippen MR) is 292 cm³/mol. The molecule has 324 valence electrons. The number of pyridine rings is 1. The van der Waals surface area contributed by atoms with Crippen LogP contribution in [0.1, 0.15) is 24.0 Å². The van der Waals surface area contributed by atoms with Crippen LogP contribution in [0.4, 0.5) is 0 Å². The number of fused-ring (bicyclic) bond motifs is 6. The Bertz CT molecular complexity index is 4050. The number of hydrazone groups is 1. The van der Waals surface area contributed by atoms with Crippen molar-refractivity contribution in [3.05, 3.63) is 248 Å². The zero-order valence-electron chi connectivity index (χ0n) is 37.8. The fourth-order valence-corrected chi connectivity index (χ4v) is 10.9. The first-order chi connectivity index (χ1) is 34.1. The van der Waals surface area contributed by atoms with E-state index < -0.39 is 0 Å². The van der Waals surface area contributed by atoms with Crippen molar-refractivity contribution in [1.29, 1.82) is 0 Å². The zero-order valence-corrected chi connectivity index (χ0v) is 37.8. The fourth-order valence-electron chi connectivity index (χ4n) is 10.9. The van der Waals surface area contributed by atoms with Crippen LogP contribution < -0.4 is 10.8 Å². The standard InChI is InChI=1S/C65H44N4/c66-60-39-47(30-34-61(60)69-68-51-31-27-43(28-32-51)62-52-17-5-9-21-56(52)65(50-16-11-35-67-40-50)57-22-10-6-18-53(57)62)46-29-33-58-59(38-46)64(49-26-24-42-13-2-4-15-45(42)37-49)55-20-8-7-19-54(55)63(58)48-25-23-41-12-1-3-14-44(41)36-48/h1-27,29-31,33-40,66,68H,28,32H2/p+1/b66-60?,69-61-. The van der Waals surface area contributed by atoms with Gasteiger partial charge in [-0.1, -0.05) is 176 Å². The lowest BCUT2D eigenvalue weighted by atomic mass is 9.84. The van der Waals surface area contributed by atoms with E-state index in [0.717, 1.165) is 35.2 Å². The maximum atomic E-state index is 6.87. The largest absolute Gasteiger partial charge is 0.282 e. The van der Waals surface area contributed by atoms with Gasteiger partial charge in [0.2, 0.25) is 5.71 Å². The molecule has 1 heterocycles. The molecule has 0 aliphatic heterocycles. The fraction of sp³-hybridized carbons (Fsp3) is 0.0308. The number of aromatic nitrogens is 1. The molecule has 0 spiro atoms. The molecule has 0 unspecified atom stereocenters. The summed E-state index contributed by atoms with van der Waals surface area (Å²) in [4.78, 5) is 4.47. The van der Waals surface area contributed by atoms with Crippen molar-refractivity contribution in [3.63, 3.8) is 0 Å². The summed E-state index contributed by atoms with van der Waals surface area (Å²) in [5.41, 5.74) is 17.7. The van der Waals surface area contributed by atoms with E-state index in [1.54, 1.807) is 0 Å². The van der Waals surface area contributed by atoms with E-state index in [9.17, 15) is 0 Å². The summed E-state index contributed by atoms with van der Waals surface area (Å²) in [6.07, 6.45) is 16.2. The second-order valence-corrected chi connectivity index (χ2v) is 18.1. The molecule has 0 bridgehead atoms. The zero-order chi connectivity index (χ0) is 45.8. The van der Waals surface area contributed by atoms with Gasteiger partial charge in [0, 0.05) is 29.7 Å². The normalized spacial score (nSPS) is 14.5. The van der Waals surface area contributed by atoms with Gasteiger partial charge in [-0.2, -0.15) is 5.10 Å². The number of nitrogens with one attached hydrogen (secondary N) is 1. The van der Waals surface area contributed by atoms with E-state index >= 15 is 0 Å². The lowest BCUT2D eigenvalue weighted by Gasteiger charge is -2.21. The molecule has 11 aromatic rings. The number of allylic oxidation sites excluding steroid dienone is 8. The summed E-state index contributed by atoms with van der Waals surface area (Å²) < 4.78 is 0. The molecule has 0 radical (unpaired) electrons. The number of hydrogen-bond acceptors (Lipinski definition) is 3. The van der Waals surface area contributed by atoms with Crippen LogP contribution in [0.25, 0.3) is 109 Å². The maximum absolute atomic E-state index is 6.87. The third kappa shape index (κ3) is 7.04. The van der Waals surface area contributed by atoms with Gasteiger partial charge in [-0.25, -0.2) is 0 Å². The van der Waals surface area contributed by atoms with Crippen LogP contribution in [0.3, 0.4) is 0 Å². The molecule has 0 amide bonds. The average molecular weight is 882 g/mol. The Labute approximate surface area is 400 Å². The van der Waals surface area contributed by atoms with Gasteiger partial charge in [-0.3, -0.25) is 15.8 Å². The van der Waals surface area contributed by atoms with Crippen molar-refractivity contribution in [2.75, 3.05) is 0 Å². The van der Waals surface area contributed by atoms with Crippen LogP contribution in [-0.2, 0) is 0 Å². The molecule has 1 aromatic heterocycles. The molecular weight excluding hydrogens is 837 g/mol. The van der Waals surface area contributed by atoms with Crippen molar-refractivity contribution in [2.45, 2.75) is 12.8 Å². The summed E-state index contributed by atoms with van der Waals surface area (Å²) in [5.74, 6) is 0. The third-order valence-corrected chi connectivity index (χ3v) is 14.1. The maximum Gasteiger partial charge on any atom is 0.225 e. The van der Waals surface area contributed by atoms with Crippen molar-refractivity contribution in [1.82, 2.24) is 10.4 Å². The molecule has 0 atom stereocenters. The molecule has 0 saturated carbocycles. The highest BCUT2D eigenvalue weighted by atomic mass is 15.3. The molecular formula is C65H45N4+. The number of benzene rings is 10. The molecule has 4 heteroatoms. The Morgan fingerprint density at radius 1 is 0.420 bits per heavy atom. The van der Waals surface area contributed by atoms with Crippen molar-refractivity contribution >= 4 is 87.2 Å². The van der Waals surface area contributed by atoms with Crippen molar-refractivity contribution in [3.8, 4) is 33.4 Å². The Balaban J connectivity index is 0.850. The second-order valence-electron chi connectivity index (χ2n) is 18.1. The van der Waals surface area contributed by atoms with Gasteiger partial charge in [-0.05, 0) is 164 Å². The predicted octanol–water partition coefficient (Wildman–Crippen LogP) is 14.9. The summed E-state index contributed by atoms with van der Waals surface area (Å²) in [6.45, 7) is 0. The SMILES string of the molecule is [NH2+]=C1C=C(c2ccc3c(-c4ccc5ccccc5c4)c4ccccc4c(-c4ccc5ccccc5c4)c3c2)C=C/C1=N/NC1=CC=C(c2c3ccccc3c(-c3cccnc3)c3ccccc23)CC1. The van der Waals surface area contributed by atoms with Crippen LogP contribution in [0.5, 0.6) is 0 Å². The van der Waals surface area contributed by atoms with Gasteiger partial charge in [0.1, 0.15) is 0 Å².